The first-order valence-corrected chi connectivity index (χ1v) is 8.14. The van der Waals surface area contributed by atoms with Crippen LogP contribution in [0.5, 0.6) is 0 Å². The molecule has 0 heterocycles. The van der Waals surface area contributed by atoms with E-state index in [9.17, 15) is 9.36 Å². The smallest absolute Gasteiger partial charge is 0.324 e. The Hall–Kier alpha value is -1.20. The predicted molar refractivity (Wildman–Crippen MR) is 74.9 cm³/mol. The summed E-state index contributed by atoms with van der Waals surface area (Å²) in [5, 5.41) is 1.15. The van der Waals surface area contributed by atoms with E-state index < -0.39 is 7.60 Å². The molecule has 0 aliphatic heterocycles. The Morgan fingerprint density at radius 2 is 1.95 bits per heavy atom. The standard InChI is InChI=1S/C13H20NO5P/c1-11(13-7-4-3-5-8-13)19-14(12(2)15)9-6-10-20(16,17)18/h3-5,7-8,11H,6,9-10H2,1-2H3,(H2,16,17,18). The Balaban J connectivity index is 2.55. The lowest BCUT2D eigenvalue weighted by Crippen LogP contribution is -2.31. The summed E-state index contributed by atoms with van der Waals surface area (Å²) in [7, 11) is -4.04. The molecule has 6 nitrogen and oxygen atoms in total. The molecule has 0 aromatic heterocycles. The molecule has 0 radical (unpaired) electrons. The average Bonchev–Trinajstić information content (AvgIpc) is 2.37. The van der Waals surface area contributed by atoms with Crippen LogP contribution >= 0.6 is 7.60 Å². The van der Waals surface area contributed by atoms with Crippen LogP contribution in [0.25, 0.3) is 0 Å². The Labute approximate surface area is 118 Å². The minimum atomic E-state index is -4.04. The number of hydrogen-bond acceptors (Lipinski definition) is 3. The predicted octanol–water partition coefficient (Wildman–Crippen LogP) is 2.10. The average molecular weight is 301 g/mol. The van der Waals surface area contributed by atoms with E-state index in [-0.39, 0.29) is 31.1 Å². The molecule has 0 bridgehead atoms. The fourth-order valence-corrected chi connectivity index (χ4v) is 2.23. The molecule has 2 N–H and O–H groups in total. The highest BCUT2D eigenvalue weighted by atomic mass is 31.2. The van der Waals surface area contributed by atoms with Crippen LogP contribution in [0.4, 0.5) is 0 Å². The van der Waals surface area contributed by atoms with Crippen molar-refractivity contribution < 1.29 is 24.0 Å². The highest BCUT2D eigenvalue weighted by Crippen LogP contribution is 2.34. The van der Waals surface area contributed by atoms with Gasteiger partial charge in [-0.05, 0) is 18.9 Å². The van der Waals surface area contributed by atoms with Crippen LogP contribution in [0.15, 0.2) is 30.3 Å². The molecule has 1 aromatic rings. The van der Waals surface area contributed by atoms with Crippen molar-refractivity contribution in [2.45, 2.75) is 26.4 Å². The Kier molecular flexibility index (Phi) is 6.36. The first-order valence-electron chi connectivity index (χ1n) is 6.34. The molecule has 0 saturated carbocycles. The van der Waals surface area contributed by atoms with E-state index in [0.717, 1.165) is 10.6 Å². The molecular formula is C13H20NO5P. The normalized spacial score (nSPS) is 13.0. The zero-order valence-corrected chi connectivity index (χ0v) is 12.5. The Morgan fingerprint density at radius 1 is 1.35 bits per heavy atom. The van der Waals surface area contributed by atoms with E-state index in [0.29, 0.717) is 0 Å². The molecule has 0 aliphatic rings. The molecule has 1 rings (SSSR count). The summed E-state index contributed by atoms with van der Waals surface area (Å²) in [6, 6.07) is 9.42. The number of nitrogens with zero attached hydrogens (tertiary/aromatic N) is 1. The number of carbonyl (C=O) groups excluding carboxylic acids is 1. The van der Waals surface area contributed by atoms with Gasteiger partial charge in [0.15, 0.2) is 0 Å². The van der Waals surface area contributed by atoms with Crippen molar-refractivity contribution in [3.63, 3.8) is 0 Å². The molecule has 20 heavy (non-hydrogen) atoms. The minimum absolute atomic E-state index is 0.150. The van der Waals surface area contributed by atoms with Gasteiger partial charge in [0.25, 0.3) is 0 Å². The maximum absolute atomic E-state index is 11.5. The SMILES string of the molecule is CC(=O)N(CCCP(=O)(O)O)OC(C)c1ccccc1. The number of hydrogen-bond donors (Lipinski definition) is 2. The Morgan fingerprint density at radius 3 is 2.45 bits per heavy atom. The van der Waals surface area contributed by atoms with Gasteiger partial charge < -0.3 is 9.79 Å². The van der Waals surface area contributed by atoms with Crippen LogP contribution in [0.2, 0.25) is 0 Å². The highest BCUT2D eigenvalue weighted by molar-refractivity contribution is 7.51. The zero-order chi connectivity index (χ0) is 15.2. The van der Waals surface area contributed by atoms with Crippen molar-refractivity contribution in [3.8, 4) is 0 Å². The van der Waals surface area contributed by atoms with Gasteiger partial charge in [-0.15, -0.1) is 0 Å². The third kappa shape index (κ3) is 6.30. The van der Waals surface area contributed by atoms with Crippen molar-refractivity contribution >= 4 is 13.5 Å². The minimum Gasteiger partial charge on any atom is -0.324 e. The third-order valence-electron chi connectivity index (χ3n) is 2.72. The monoisotopic (exact) mass is 301 g/mol. The van der Waals surface area contributed by atoms with E-state index in [1.807, 2.05) is 37.3 Å². The summed E-state index contributed by atoms with van der Waals surface area (Å²) in [4.78, 5) is 34.6. The lowest BCUT2D eigenvalue weighted by Gasteiger charge is -2.24. The summed E-state index contributed by atoms with van der Waals surface area (Å²) < 4.78 is 10.8. The summed E-state index contributed by atoms with van der Waals surface area (Å²) in [6.07, 6.45) is -0.388. The van der Waals surface area contributed by atoms with Crippen molar-refractivity contribution in [1.29, 1.82) is 0 Å². The molecule has 0 aliphatic carbocycles. The van der Waals surface area contributed by atoms with Gasteiger partial charge in [0.1, 0.15) is 6.10 Å². The number of carbonyl (C=O) groups is 1. The molecule has 0 spiro atoms. The van der Waals surface area contributed by atoms with Gasteiger partial charge in [-0.3, -0.25) is 14.2 Å². The van der Waals surface area contributed by atoms with Crippen LogP contribution in [-0.2, 0) is 14.2 Å². The van der Waals surface area contributed by atoms with Crippen molar-refractivity contribution in [3.05, 3.63) is 35.9 Å². The second kappa shape index (κ2) is 7.55. The van der Waals surface area contributed by atoms with Crippen LogP contribution in [0.1, 0.15) is 31.9 Å². The molecule has 1 atom stereocenters. The molecule has 112 valence electrons. The van der Waals surface area contributed by atoms with E-state index >= 15 is 0 Å². The first kappa shape index (κ1) is 16.9. The highest BCUT2D eigenvalue weighted by Gasteiger charge is 2.18. The van der Waals surface area contributed by atoms with Gasteiger partial charge in [0, 0.05) is 13.5 Å². The van der Waals surface area contributed by atoms with Gasteiger partial charge in [-0.1, -0.05) is 30.3 Å². The first-order chi connectivity index (χ1) is 9.29. The summed E-state index contributed by atoms with van der Waals surface area (Å²) in [6.45, 7) is 3.32. The number of hydroxylamine groups is 2. The maximum atomic E-state index is 11.5. The van der Waals surface area contributed by atoms with Crippen LogP contribution in [-0.4, -0.2) is 33.5 Å². The lowest BCUT2D eigenvalue weighted by molar-refractivity contribution is -0.203. The van der Waals surface area contributed by atoms with Gasteiger partial charge in [-0.2, -0.15) is 0 Å². The number of rotatable bonds is 7. The topological polar surface area (TPSA) is 87.1 Å². The van der Waals surface area contributed by atoms with Crippen molar-refractivity contribution in [1.82, 2.24) is 5.06 Å². The zero-order valence-electron chi connectivity index (χ0n) is 11.6. The fourth-order valence-electron chi connectivity index (χ4n) is 1.68. The van der Waals surface area contributed by atoms with Crippen LogP contribution in [0.3, 0.4) is 0 Å². The van der Waals surface area contributed by atoms with E-state index in [1.165, 1.54) is 6.92 Å². The second-order valence-electron chi connectivity index (χ2n) is 4.52. The van der Waals surface area contributed by atoms with Gasteiger partial charge in [0.05, 0.1) is 6.16 Å². The molecule has 1 aromatic carbocycles. The largest absolute Gasteiger partial charge is 0.325 e. The van der Waals surface area contributed by atoms with Crippen molar-refractivity contribution in [2.75, 3.05) is 12.7 Å². The summed E-state index contributed by atoms with van der Waals surface area (Å²) in [5.41, 5.74) is 0.925. The van der Waals surface area contributed by atoms with Crippen LogP contribution in [0, 0.1) is 0 Å². The molecule has 0 fully saturated rings. The van der Waals surface area contributed by atoms with Gasteiger partial charge >= 0.3 is 7.60 Å². The quantitative estimate of drug-likeness (QED) is 0.595. The molecular weight excluding hydrogens is 281 g/mol. The molecule has 7 heteroatoms. The summed E-state index contributed by atoms with van der Waals surface area (Å²) in [5.74, 6) is -0.293. The number of benzene rings is 1. The lowest BCUT2D eigenvalue weighted by atomic mass is 10.1. The number of amides is 1. The third-order valence-corrected chi connectivity index (χ3v) is 3.61. The molecule has 1 amide bonds. The molecule has 1 unspecified atom stereocenters. The van der Waals surface area contributed by atoms with Crippen LogP contribution < -0.4 is 0 Å². The van der Waals surface area contributed by atoms with E-state index in [1.54, 1.807) is 0 Å². The van der Waals surface area contributed by atoms with E-state index in [4.69, 9.17) is 14.6 Å². The fraction of sp³-hybridized carbons (Fsp3) is 0.462. The second-order valence-corrected chi connectivity index (χ2v) is 6.30. The maximum Gasteiger partial charge on any atom is 0.325 e. The Bertz CT molecular complexity index is 473. The molecule has 0 saturated heterocycles. The van der Waals surface area contributed by atoms with Crippen molar-refractivity contribution in [2.24, 2.45) is 0 Å². The van der Waals surface area contributed by atoms with Gasteiger partial charge in [-0.25, -0.2) is 5.06 Å². The summed E-state index contributed by atoms with van der Waals surface area (Å²) >= 11 is 0. The van der Waals surface area contributed by atoms with Gasteiger partial charge in [0.2, 0.25) is 5.91 Å². The van der Waals surface area contributed by atoms with E-state index in [2.05, 4.69) is 0 Å².